The summed E-state index contributed by atoms with van der Waals surface area (Å²) >= 11 is 0. The van der Waals surface area contributed by atoms with Crippen molar-refractivity contribution < 1.29 is 14.3 Å². The van der Waals surface area contributed by atoms with Crippen LogP contribution in [0.3, 0.4) is 0 Å². The minimum Gasteiger partial charge on any atom is -0.454 e. The average Bonchev–Trinajstić information content (AvgIpc) is 2.27. The van der Waals surface area contributed by atoms with Crippen molar-refractivity contribution in [2.45, 2.75) is 33.3 Å². The fourth-order valence-electron chi connectivity index (χ4n) is 1.63. The number of Topliss-reactive ketones (excluding diaryl/α,β-unsaturated/α-hetero) is 1. The second-order valence-electron chi connectivity index (χ2n) is 4.46. The van der Waals surface area contributed by atoms with Crippen LogP contribution in [0, 0.1) is 5.92 Å². The standard InChI is InChI=1S/C14H18O3/c1-10(2)9-13(17-11(3)15)14(16)12-7-5-4-6-8-12/h4-8,10,13H,9H2,1-3H3/t13-/m0/s1. The highest BCUT2D eigenvalue weighted by molar-refractivity contribution is 6.00. The van der Waals surface area contributed by atoms with Gasteiger partial charge in [-0.05, 0) is 12.3 Å². The van der Waals surface area contributed by atoms with Crippen LogP contribution in [0.5, 0.6) is 0 Å². The topological polar surface area (TPSA) is 43.4 Å². The highest BCUT2D eigenvalue weighted by Gasteiger charge is 2.23. The highest BCUT2D eigenvalue weighted by Crippen LogP contribution is 2.14. The highest BCUT2D eigenvalue weighted by atomic mass is 16.5. The minimum absolute atomic E-state index is 0.130. The molecule has 0 aliphatic heterocycles. The molecule has 17 heavy (non-hydrogen) atoms. The van der Waals surface area contributed by atoms with Gasteiger partial charge >= 0.3 is 5.97 Å². The summed E-state index contributed by atoms with van der Waals surface area (Å²) in [6.45, 7) is 5.31. The van der Waals surface area contributed by atoms with Crippen molar-refractivity contribution in [3.63, 3.8) is 0 Å². The smallest absolute Gasteiger partial charge is 0.303 e. The molecule has 0 unspecified atom stereocenters. The van der Waals surface area contributed by atoms with E-state index in [1.807, 2.05) is 19.9 Å². The summed E-state index contributed by atoms with van der Waals surface area (Å²) in [5, 5.41) is 0. The molecule has 0 saturated carbocycles. The Labute approximate surface area is 102 Å². The van der Waals surface area contributed by atoms with E-state index in [9.17, 15) is 9.59 Å². The molecule has 0 N–H and O–H groups in total. The zero-order chi connectivity index (χ0) is 12.8. The maximum atomic E-state index is 12.1. The molecule has 3 nitrogen and oxygen atoms in total. The van der Waals surface area contributed by atoms with E-state index in [-0.39, 0.29) is 5.78 Å². The molecule has 92 valence electrons. The lowest BCUT2D eigenvalue weighted by Crippen LogP contribution is -2.28. The number of esters is 1. The Bertz CT molecular complexity index is 382. The number of carbonyl (C=O) groups excluding carboxylic acids is 2. The Morgan fingerprint density at radius 1 is 1.18 bits per heavy atom. The van der Waals surface area contributed by atoms with Gasteiger partial charge in [-0.15, -0.1) is 0 Å². The summed E-state index contributed by atoms with van der Waals surface area (Å²) in [5.41, 5.74) is 0.583. The molecule has 0 amide bonds. The molecule has 0 saturated heterocycles. The van der Waals surface area contributed by atoms with Gasteiger partial charge in [-0.25, -0.2) is 0 Å². The lowest BCUT2D eigenvalue weighted by molar-refractivity contribution is -0.144. The molecule has 0 aliphatic carbocycles. The van der Waals surface area contributed by atoms with Crippen LogP contribution in [-0.4, -0.2) is 17.9 Å². The normalized spacial score (nSPS) is 12.2. The van der Waals surface area contributed by atoms with Gasteiger partial charge in [0.05, 0.1) is 0 Å². The lowest BCUT2D eigenvalue weighted by atomic mass is 9.98. The predicted octanol–water partition coefficient (Wildman–Crippen LogP) is 2.85. The Morgan fingerprint density at radius 2 is 1.76 bits per heavy atom. The van der Waals surface area contributed by atoms with E-state index in [1.54, 1.807) is 24.3 Å². The third kappa shape index (κ3) is 4.39. The monoisotopic (exact) mass is 234 g/mol. The summed E-state index contributed by atoms with van der Waals surface area (Å²) in [4.78, 5) is 23.1. The van der Waals surface area contributed by atoms with Crippen molar-refractivity contribution in [1.29, 1.82) is 0 Å². The first kappa shape index (κ1) is 13.4. The minimum atomic E-state index is -0.671. The second kappa shape index (κ2) is 6.18. The average molecular weight is 234 g/mol. The van der Waals surface area contributed by atoms with Crippen molar-refractivity contribution in [2.75, 3.05) is 0 Å². The molecule has 1 atom stereocenters. The van der Waals surface area contributed by atoms with Gasteiger partial charge in [-0.2, -0.15) is 0 Å². The maximum absolute atomic E-state index is 12.1. The molecule has 1 aromatic carbocycles. The molecule has 0 bridgehead atoms. The second-order valence-corrected chi connectivity index (χ2v) is 4.46. The van der Waals surface area contributed by atoms with E-state index in [4.69, 9.17) is 4.74 Å². The van der Waals surface area contributed by atoms with Crippen LogP contribution < -0.4 is 0 Å². The first-order valence-electron chi connectivity index (χ1n) is 5.77. The number of hydrogen-bond acceptors (Lipinski definition) is 3. The predicted molar refractivity (Wildman–Crippen MR) is 65.8 cm³/mol. The first-order chi connectivity index (χ1) is 8.00. The number of ether oxygens (including phenoxy) is 1. The van der Waals surface area contributed by atoms with Crippen molar-refractivity contribution in [3.8, 4) is 0 Å². The van der Waals surface area contributed by atoms with E-state index >= 15 is 0 Å². The number of hydrogen-bond donors (Lipinski definition) is 0. The fraction of sp³-hybridized carbons (Fsp3) is 0.429. The number of rotatable bonds is 5. The third-order valence-electron chi connectivity index (χ3n) is 2.34. The van der Waals surface area contributed by atoms with Crippen LogP contribution in [0.25, 0.3) is 0 Å². The molecule has 0 spiro atoms. The van der Waals surface area contributed by atoms with Crippen LogP contribution in [0.1, 0.15) is 37.6 Å². The maximum Gasteiger partial charge on any atom is 0.303 e. The summed E-state index contributed by atoms with van der Waals surface area (Å²) in [5.74, 6) is -0.249. The Morgan fingerprint density at radius 3 is 2.24 bits per heavy atom. The fourth-order valence-corrected chi connectivity index (χ4v) is 1.63. The lowest BCUT2D eigenvalue weighted by Gasteiger charge is -2.17. The van der Waals surface area contributed by atoms with Gasteiger partial charge < -0.3 is 4.74 Å². The zero-order valence-corrected chi connectivity index (χ0v) is 10.5. The third-order valence-corrected chi connectivity index (χ3v) is 2.34. The first-order valence-corrected chi connectivity index (χ1v) is 5.77. The Balaban J connectivity index is 2.82. The van der Waals surface area contributed by atoms with E-state index in [2.05, 4.69) is 0 Å². The van der Waals surface area contributed by atoms with Crippen molar-refractivity contribution in [2.24, 2.45) is 5.92 Å². The van der Waals surface area contributed by atoms with Crippen LogP contribution in [0.15, 0.2) is 30.3 Å². The van der Waals surface area contributed by atoms with Crippen LogP contribution in [-0.2, 0) is 9.53 Å². The van der Waals surface area contributed by atoms with Gasteiger partial charge in [-0.3, -0.25) is 9.59 Å². The van der Waals surface area contributed by atoms with Crippen molar-refractivity contribution in [1.82, 2.24) is 0 Å². The van der Waals surface area contributed by atoms with Crippen LogP contribution in [0.2, 0.25) is 0 Å². The number of ketones is 1. The summed E-state index contributed by atoms with van der Waals surface area (Å²) in [6.07, 6.45) is -0.122. The van der Waals surface area contributed by atoms with Crippen LogP contribution >= 0.6 is 0 Å². The molecule has 0 aliphatic rings. The Kier molecular flexibility index (Phi) is 4.88. The summed E-state index contributed by atoms with van der Waals surface area (Å²) in [7, 11) is 0. The molecule has 0 fully saturated rings. The van der Waals surface area contributed by atoms with Gasteiger partial charge in [0.2, 0.25) is 5.78 Å². The summed E-state index contributed by atoms with van der Waals surface area (Å²) < 4.78 is 5.09. The number of benzene rings is 1. The molecular formula is C14H18O3. The van der Waals surface area contributed by atoms with Crippen molar-refractivity contribution >= 4 is 11.8 Å². The molecule has 1 rings (SSSR count). The van der Waals surface area contributed by atoms with E-state index in [0.29, 0.717) is 17.9 Å². The van der Waals surface area contributed by atoms with Crippen molar-refractivity contribution in [3.05, 3.63) is 35.9 Å². The van der Waals surface area contributed by atoms with Gasteiger partial charge in [-0.1, -0.05) is 44.2 Å². The largest absolute Gasteiger partial charge is 0.454 e. The van der Waals surface area contributed by atoms with Gasteiger partial charge in [0.15, 0.2) is 6.10 Å². The Hall–Kier alpha value is -1.64. The molecule has 1 aromatic rings. The number of carbonyl (C=O) groups is 2. The SMILES string of the molecule is CC(=O)O[C@@H](CC(C)C)C(=O)c1ccccc1. The molecular weight excluding hydrogens is 216 g/mol. The quantitative estimate of drug-likeness (QED) is 0.581. The zero-order valence-electron chi connectivity index (χ0n) is 10.5. The molecule has 0 aromatic heterocycles. The van der Waals surface area contributed by atoms with E-state index in [1.165, 1.54) is 6.92 Å². The molecule has 3 heteroatoms. The van der Waals surface area contributed by atoms with Gasteiger partial charge in [0.25, 0.3) is 0 Å². The van der Waals surface area contributed by atoms with Gasteiger partial charge in [0, 0.05) is 12.5 Å². The van der Waals surface area contributed by atoms with Gasteiger partial charge in [0.1, 0.15) is 0 Å². The van der Waals surface area contributed by atoms with Crippen LogP contribution in [0.4, 0.5) is 0 Å². The van der Waals surface area contributed by atoms with E-state index in [0.717, 1.165) is 0 Å². The summed E-state index contributed by atoms with van der Waals surface area (Å²) in [6, 6.07) is 8.92. The molecule has 0 heterocycles. The molecule has 0 radical (unpaired) electrons. The van der Waals surface area contributed by atoms with E-state index < -0.39 is 12.1 Å².